The number of piperidine rings is 1. The van der Waals surface area contributed by atoms with Crippen molar-refractivity contribution in [3.05, 3.63) is 29.8 Å². The van der Waals surface area contributed by atoms with Crippen molar-refractivity contribution in [2.24, 2.45) is 5.73 Å². The Kier molecular flexibility index (Phi) is 5.38. The van der Waals surface area contributed by atoms with Crippen LogP contribution in [-0.2, 0) is 11.3 Å². The molecule has 1 aliphatic heterocycles. The van der Waals surface area contributed by atoms with Gasteiger partial charge in [-0.05, 0) is 50.7 Å². The van der Waals surface area contributed by atoms with Crippen LogP contribution in [0.3, 0.4) is 0 Å². The number of rotatable bonds is 6. The highest BCUT2D eigenvalue weighted by Crippen LogP contribution is 2.13. The summed E-state index contributed by atoms with van der Waals surface area (Å²) < 4.78 is 5.23. The first kappa shape index (κ1) is 14.8. The van der Waals surface area contributed by atoms with Crippen LogP contribution in [-0.4, -0.2) is 43.6 Å². The maximum absolute atomic E-state index is 10.6. The number of nitrogens with zero attached hydrogens (tertiary/aromatic N) is 1. The Labute approximate surface area is 120 Å². The molecule has 1 saturated heterocycles. The molecule has 5 heteroatoms. The molecule has 5 nitrogen and oxygen atoms in total. The van der Waals surface area contributed by atoms with Crippen molar-refractivity contribution in [2.45, 2.75) is 25.4 Å². The maximum atomic E-state index is 10.6. The Morgan fingerprint density at radius 2 is 2.00 bits per heavy atom. The third-order valence-electron chi connectivity index (χ3n) is 3.62. The number of likely N-dealkylation sites (tertiary alicyclic amines) is 1. The summed E-state index contributed by atoms with van der Waals surface area (Å²) in [7, 11) is 2.17. The van der Waals surface area contributed by atoms with Crippen LogP contribution in [0.15, 0.2) is 24.3 Å². The van der Waals surface area contributed by atoms with Crippen LogP contribution in [0.1, 0.15) is 18.4 Å². The van der Waals surface area contributed by atoms with Crippen LogP contribution in [0, 0.1) is 0 Å². The van der Waals surface area contributed by atoms with Gasteiger partial charge in [0.05, 0.1) is 0 Å². The summed E-state index contributed by atoms with van der Waals surface area (Å²) in [5.41, 5.74) is 6.25. The molecule has 0 aliphatic carbocycles. The Hall–Kier alpha value is -1.59. The second-order valence-corrected chi connectivity index (χ2v) is 5.36. The highest BCUT2D eigenvalue weighted by atomic mass is 16.5. The molecule has 0 saturated carbocycles. The van der Waals surface area contributed by atoms with Gasteiger partial charge in [0.2, 0.25) is 0 Å². The monoisotopic (exact) mass is 277 g/mol. The van der Waals surface area contributed by atoms with Crippen molar-refractivity contribution in [1.29, 1.82) is 0 Å². The minimum atomic E-state index is -0.460. The van der Waals surface area contributed by atoms with Gasteiger partial charge >= 0.3 is 0 Å². The van der Waals surface area contributed by atoms with Gasteiger partial charge in [-0.3, -0.25) is 4.79 Å². The molecule has 0 bridgehead atoms. The molecule has 1 aliphatic rings. The summed E-state index contributed by atoms with van der Waals surface area (Å²) in [6.07, 6.45) is 2.41. The van der Waals surface area contributed by atoms with Gasteiger partial charge in [0.1, 0.15) is 5.75 Å². The van der Waals surface area contributed by atoms with E-state index >= 15 is 0 Å². The molecule has 20 heavy (non-hydrogen) atoms. The minimum Gasteiger partial charge on any atom is -0.484 e. The first-order valence-corrected chi connectivity index (χ1v) is 7.05. The SMILES string of the molecule is CN1CCC(NCc2ccc(OCC(N)=O)cc2)CC1. The smallest absolute Gasteiger partial charge is 0.255 e. The van der Waals surface area contributed by atoms with E-state index in [1.54, 1.807) is 0 Å². The Morgan fingerprint density at radius 1 is 1.35 bits per heavy atom. The van der Waals surface area contributed by atoms with Crippen LogP contribution >= 0.6 is 0 Å². The summed E-state index contributed by atoms with van der Waals surface area (Å²) in [4.78, 5) is 13.0. The van der Waals surface area contributed by atoms with E-state index in [9.17, 15) is 4.79 Å². The quantitative estimate of drug-likeness (QED) is 0.804. The van der Waals surface area contributed by atoms with Gasteiger partial charge in [-0.15, -0.1) is 0 Å². The van der Waals surface area contributed by atoms with Crippen LogP contribution < -0.4 is 15.8 Å². The number of primary amides is 1. The number of carbonyl (C=O) groups excluding carboxylic acids is 1. The van der Waals surface area contributed by atoms with Crippen molar-refractivity contribution >= 4 is 5.91 Å². The van der Waals surface area contributed by atoms with Crippen molar-refractivity contribution < 1.29 is 9.53 Å². The molecule has 0 radical (unpaired) electrons. The lowest BCUT2D eigenvalue weighted by atomic mass is 10.1. The van der Waals surface area contributed by atoms with E-state index in [2.05, 4.69) is 17.3 Å². The molecule has 1 heterocycles. The summed E-state index contributed by atoms with van der Waals surface area (Å²) in [5.74, 6) is 0.213. The topological polar surface area (TPSA) is 67.6 Å². The molecule has 1 fully saturated rings. The number of hydrogen-bond donors (Lipinski definition) is 2. The van der Waals surface area contributed by atoms with Crippen molar-refractivity contribution in [3.8, 4) is 5.75 Å². The van der Waals surface area contributed by atoms with E-state index in [-0.39, 0.29) is 6.61 Å². The van der Waals surface area contributed by atoms with E-state index in [4.69, 9.17) is 10.5 Å². The molecule has 0 spiro atoms. The molecule has 0 aromatic heterocycles. The summed E-state index contributed by atoms with van der Waals surface area (Å²) in [6.45, 7) is 3.12. The fourth-order valence-corrected chi connectivity index (χ4v) is 2.33. The third-order valence-corrected chi connectivity index (χ3v) is 3.62. The molecule has 1 aromatic rings. The van der Waals surface area contributed by atoms with Gasteiger partial charge in [0, 0.05) is 12.6 Å². The second-order valence-electron chi connectivity index (χ2n) is 5.36. The molecule has 2 rings (SSSR count). The van der Waals surface area contributed by atoms with Gasteiger partial charge in [-0.2, -0.15) is 0 Å². The molecule has 3 N–H and O–H groups in total. The zero-order valence-corrected chi connectivity index (χ0v) is 12.0. The first-order chi connectivity index (χ1) is 9.63. The number of carbonyl (C=O) groups is 1. The highest BCUT2D eigenvalue weighted by molar-refractivity contribution is 5.75. The van der Waals surface area contributed by atoms with Gasteiger partial charge in [0.25, 0.3) is 5.91 Å². The first-order valence-electron chi connectivity index (χ1n) is 7.05. The van der Waals surface area contributed by atoms with E-state index in [1.807, 2.05) is 24.3 Å². The van der Waals surface area contributed by atoms with E-state index < -0.39 is 5.91 Å². The van der Waals surface area contributed by atoms with Crippen molar-refractivity contribution in [2.75, 3.05) is 26.7 Å². The predicted octanol–water partition coefficient (Wildman–Crippen LogP) is 0.735. The summed E-state index contributed by atoms with van der Waals surface area (Å²) in [6, 6.07) is 8.37. The van der Waals surface area contributed by atoms with Gasteiger partial charge < -0.3 is 20.7 Å². The molecule has 110 valence electrons. The second kappa shape index (κ2) is 7.26. The number of amides is 1. The predicted molar refractivity (Wildman–Crippen MR) is 78.5 cm³/mol. The maximum Gasteiger partial charge on any atom is 0.255 e. The Bertz CT molecular complexity index is 425. The lowest BCUT2D eigenvalue weighted by molar-refractivity contribution is -0.119. The van der Waals surface area contributed by atoms with Gasteiger partial charge in [0.15, 0.2) is 6.61 Å². The fourth-order valence-electron chi connectivity index (χ4n) is 2.33. The van der Waals surface area contributed by atoms with E-state index in [1.165, 1.54) is 18.4 Å². The van der Waals surface area contributed by atoms with Gasteiger partial charge in [-0.1, -0.05) is 12.1 Å². The highest BCUT2D eigenvalue weighted by Gasteiger charge is 2.15. The standard InChI is InChI=1S/C15H23N3O2/c1-18-8-6-13(7-9-18)17-10-12-2-4-14(5-3-12)20-11-15(16)19/h2-5,13,17H,6-11H2,1H3,(H2,16,19). The molecular weight excluding hydrogens is 254 g/mol. The molecule has 0 atom stereocenters. The number of hydrogen-bond acceptors (Lipinski definition) is 4. The molecular formula is C15H23N3O2. The average molecular weight is 277 g/mol. The van der Waals surface area contributed by atoms with Crippen LogP contribution in [0.25, 0.3) is 0 Å². The number of nitrogens with two attached hydrogens (primary N) is 1. The normalized spacial score (nSPS) is 17.1. The number of benzene rings is 1. The lowest BCUT2D eigenvalue weighted by Gasteiger charge is -2.29. The van der Waals surface area contributed by atoms with Crippen molar-refractivity contribution in [3.63, 3.8) is 0 Å². The van der Waals surface area contributed by atoms with Gasteiger partial charge in [-0.25, -0.2) is 0 Å². The largest absolute Gasteiger partial charge is 0.484 e. The average Bonchev–Trinajstić information content (AvgIpc) is 2.45. The summed E-state index contributed by atoms with van der Waals surface area (Å²) in [5, 5.41) is 3.59. The third kappa shape index (κ3) is 4.83. The molecule has 0 unspecified atom stereocenters. The minimum absolute atomic E-state index is 0.0762. The van der Waals surface area contributed by atoms with E-state index in [0.717, 1.165) is 19.6 Å². The van der Waals surface area contributed by atoms with E-state index in [0.29, 0.717) is 11.8 Å². The fraction of sp³-hybridized carbons (Fsp3) is 0.533. The zero-order valence-electron chi connectivity index (χ0n) is 12.0. The number of nitrogens with one attached hydrogen (secondary N) is 1. The Balaban J connectivity index is 1.74. The zero-order chi connectivity index (χ0) is 14.4. The van der Waals surface area contributed by atoms with Crippen molar-refractivity contribution in [1.82, 2.24) is 10.2 Å². The van der Waals surface area contributed by atoms with Crippen LogP contribution in [0.4, 0.5) is 0 Å². The molecule has 1 aromatic carbocycles. The number of ether oxygens (including phenoxy) is 1. The van der Waals surface area contributed by atoms with Crippen LogP contribution in [0.2, 0.25) is 0 Å². The lowest BCUT2D eigenvalue weighted by Crippen LogP contribution is -2.40. The Morgan fingerprint density at radius 3 is 2.60 bits per heavy atom. The molecule has 1 amide bonds. The summed E-state index contributed by atoms with van der Waals surface area (Å²) >= 11 is 0. The van der Waals surface area contributed by atoms with Crippen LogP contribution in [0.5, 0.6) is 5.75 Å².